The van der Waals surface area contributed by atoms with Crippen LogP contribution < -0.4 is 5.32 Å². The summed E-state index contributed by atoms with van der Waals surface area (Å²) in [7, 11) is 0. The van der Waals surface area contributed by atoms with Gasteiger partial charge < -0.3 is 10.4 Å². The minimum absolute atomic E-state index is 0.131. The average Bonchev–Trinajstić information content (AvgIpc) is 2.63. The summed E-state index contributed by atoms with van der Waals surface area (Å²) in [6.07, 6.45) is 1.92. The molecular formula is C21H20FN3O2. The van der Waals surface area contributed by atoms with E-state index in [9.17, 15) is 14.3 Å². The van der Waals surface area contributed by atoms with E-state index in [1.165, 1.54) is 12.1 Å². The summed E-state index contributed by atoms with van der Waals surface area (Å²) in [5, 5.41) is 12.3. The molecule has 0 bridgehead atoms. The van der Waals surface area contributed by atoms with Crippen molar-refractivity contribution in [3.05, 3.63) is 60.5 Å². The van der Waals surface area contributed by atoms with Crippen molar-refractivity contribution in [2.24, 2.45) is 5.92 Å². The summed E-state index contributed by atoms with van der Waals surface area (Å²) in [4.78, 5) is 21.2. The van der Waals surface area contributed by atoms with Gasteiger partial charge in [0.25, 0.3) is 0 Å². The SMILES string of the molecule is CC(C)CC(=O)Nc1ncc(-c2ccc(F)cc2)nc1-c1ccc(O)cc1. The Balaban J connectivity index is 2.03. The standard InChI is InChI=1S/C21H20FN3O2/c1-13(2)11-19(27)25-21-20(15-5-9-17(26)10-6-15)24-18(12-23-21)14-3-7-16(22)8-4-14/h3-10,12-13,26H,11H2,1-2H3,(H,23,25,27). The Bertz CT molecular complexity index is 939. The minimum atomic E-state index is -0.331. The quantitative estimate of drug-likeness (QED) is 0.691. The maximum Gasteiger partial charge on any atom is 0.225 e. The summed E-state index contributed by atoms with van der Waals surface area (Å²) in [6.45, 7) is 3.92. The van der Waals surface area contributed by atoms with Gasteiger partial charge in [0.2, 0.25) is 5.91 Å². The molecule has 0 saturated carbocycles. The van der Waals surface area contributed by atoms with Crippen LogP contribution in [0.5, 0.6) is 5.75 Å². The van der Waals surface area contributed by atoms with Crippen molar-refractivity contribution in [1.82, 2.24) is 9.97 Å². The van der Waals surface area contributed by atoms with Gasteiger partial charge in [-0.1, -0.05) is 13.8 Å². The third-order valence-electron chi connectivity index (χ3n) is 3.90. The van der Waals surface area contributed by atoms with Crippen LogP contribution in [0.2, 0.25) is 0 Å². The van der Waals surface area contributed by atoms with Crippen molar-refractivity contribution in [3.63, 3.8) is 0 Å². The summed E-state index contributed by atoms with van der Waals surface area (Å²) >= 11 is 0. The van der Waals surface area contributed by atoms with Crippen LogP contribution in [-0.2, 0) is 4.79 Å². The van der Waals surface area contributed by atoms with Gasteiger partial charge in [-0.15, -0.1) is 0 Å². The number of aromatic nitrogens is 2. The Morgan fingerprint density at radius 3 is 2.33 bits per heavy atom. The smallest absolute Gasteiger partial charge is 0.225 e. The second-order valence-electron chi connectivity index (χ2n) is 6.65. The monoisotopic (exact) mass is 365 g/mol. The van der Waals surface area contributed by atoms with Gasteiger partial charge >= 0.3 is 0 Å². The Labute approximate surface area is 156 Å². The molecule has 2 N–H and O–H groups in total. The van der Waals surface area contributed by atoms with E-state index in [1.807, 2.05) is 13.8 Å². The lowest BCUT2D eigenvalue weighted by atomic mass is 10.1. The van der Waals surface area contributed by atoms with Gasteiger partial charge in [0.1, 0.15) is 17.3 Å². The van der Waals surface area contributed by atoms with Crippen LogP contribution >= 0.6 is 0 Å². The number of carbonyl (C=O) groups excluding carboxylic acids is 1. The van der Waals surface area contributed by atoms with Gasteiger partial charge in [0, 0.05) is 17.5 Å². The number of nitrogens with zero attached hydrogens (tertiary/aromatic N) is 2. The van der Waals surface area contributed by atoms with E-state index in [1.54, 1.807) is 42.6 Å². The first-order chi connectivity index (χ1) is 12.9. The number of phenolic OH excluding ortho intramolecular Hbond substituents is 1. The van der Waals surface area contributed by atoms with Crippen LogP contribution in [0.1, 0.15) is 20.3 Å². The number of halogens is 1. The number of hydrogen-bond acceptors (Lipinski definition) is 4. The summed E-state index contributed by atoms with van der Waals surface area (Å²) in [5.41, 5.74) is 2.45. The third-order valence-corrected chi connectivity index (χ3v) is 3.90. The van der Waals surface area contributed by atoms with Crippen LogP contribution in [0.3, 0.4) is 0 Å². The molecule has 0 radical (unpaired) electrons. The maximum atomic E-state index is 13.2. The van der Waals surface area contributed by atoms with Crippen LogP contribution in [0.25, 0.3) is 22.5 Å². The molecule has 3 aromatic rings. The minimum Gasteiger partial charge on any atom is -0.508 e. The molecule has 3 rings (SSSR count). The molecule has 0 atom stereocenters. The lowest BCUT2D eigenvalue weighted by Gasteiger charge is -2.12. The summed E-state index contributed by atoms with van der Waals surface area (Å²) in [5.74, 6) is 0.217. The van der Waals surface area contributed by atoms with Gasteiger partial charge in [-0.2, -0.15) is 0 Å². The molecule has 2 aromatic carbocycles. The van der Waals surface area contributed by atoms with Crippen molar-refractivity contribution in [2.75, 3.05) is 5.32 Å². The van der Waals surface area contributed by atoms with E-state index in [4.69, 9.17) is 0 Å². The van der Waals surface area contributed by atoms with Crippen molar-refractivity contribution < 1.29 is 14.3 Å². The van der Waals surface area contributed by atoms with Crippen LogP contribution in [0.15, 0.2) is 54.7 Å². The highest BCUT2D eigenvalue weighted by molar-refractivity contribution is 5.93. The first-order valence-corrected chi connectivity index (χ1v) is 8.64. The van der Waals surface area contributed by atoms with Crippen LogP contribution in [0, 0.1) is 11.7 Å². The normalized spacial score (nSPS) is 10.8. The maximum absolute atomic E-state index is 13.2. The first kappa shape index (κ1) is 18.5. The molecule has 0 fully saturated rings. The Kier molecular flexibility index (Phi) is 5.45. The lowest BCUT2D eigenvalue weighted by molar-refractivity contribution is -0.116. The Morgan fingerprint density at radius 2 is 1.70 bits per heavy atom. The topological polar surface area (TPSA) is 75.1 Å². The van der Waals surface area contributed by atoms with Crippen LogP contribution in [-0.4, -0.2) is 21.0 Å². The van der Waals surface area contributed by atoms with E-state index < -0.39 is 0 Å². The molecule has 1 amide bonds. The van der Waals surface area contributed by atoms with E-state index in [0.717, 1.165) is 0 Å². The molecule has 138 valence electrons. The van der Waals surface area contributed by atoms with Gasteiger partial charge in [-0.05, 0) is 54.4 Å². The van der Waals surface area contributed by atoms with Gasteiger partial charge in [0.05, 0.1) is 11.9 Å². The highest BCUT2D eigenvalue weighted by atomic mass is 19.1. The van der Waals surface area contributed by atoms with Crippen molar-refractivity contribution in [2.45, 2.75) is 20.3 Å². The summed E-state index contributed by atoms with van der Waals surface area (Å²) in [6, 6.07) is 12.4. The number of phenols is 1. The second kappa shape index (κ2) is 7.95. The number of carbonyl (C=O) groups is 1. The number of amides is 1. The fourth-order valence-corrected chi connectivity index (χ4v) is 2.61. The third kappa shape index (κ3) is 4.67. The number of anilines is 1. The fourth-order valence-electron chi connectivity index (χ4n) is 2.61. The molecule has 0 aliphatic heterocycles. The molecule has 0 aliphatic rings. The number of hydrogen-bond donors (Lipinski definition) is 2. The first-order valence-electron chi connectivity index (χ1n) is 8.64. The highest BCUT2D eigenvalue weighted by Crippen LogP contribution is 2.29. The molecule has 0 aliphatic carbocycles. The van der Waals surface area contributed by atoms with Gasteiger partial charge in [0.15, 0.2) is 5.82 Å². The Morgan fingerprint density at radius 1 is 1.07 bits per heavy atom. The van der Waals surface area contributed by atoms with Crippen LogP contribution in [0.4, 0.5) is 10.2 Å². The molecule has 0 unspecified atom stereocenters. The predicted molar refractivity (Wildman–Crippen MR) is 103 cm³/mol. The van der Waals surface area contributed by atoms with Crippen molar-refractivity contribution >= 4 is 11.7 Å². The van der Waals surface area contributed by atoms with Gasteiger partial charge in [-0.3, -0.25) is 4.79 Å². The number of aromatic hydroxyl groups is 1. The zero-order valence-corrected chi connectivity index (χ0v) is 15.1. The van der Waals surface area contributed by atoms with E-state index >= 15 is 0 Å². The lowest BCUT2D eigenvalue weighted by Crippen LogP contribution is -2.16. The van der Waals surface area contributed by atoms with E-state index in [0.29, 0.717) is 34.8 Å². The zero-order valence-electron chi connectivity index (χ0n) is 15.1. The number of benzene rings is 2. The molecule has 1 heterocycles. The molecule has 0 spiro atoms. The van der Waals surface area contributed by atoms with E-state index in [-0.39, 0.29) is 23.4 Å². The zero-order chi connectivity index (χ0) is 19.4. The second-order valence-corrected chi connectivity index (χ2v) is 6.65. The predicted octanol–water partition coefficient (Wildman–Crippen LogP) is 4.64. The average molecular weight is 365 g/mol. The largest absolute Gasteiger partial charge is 0.508 e. The fraction of sp³-hybridized carbons (Fsp3) is 0.190. The van der Waals surface area contributed by atoms with Crippen molar-refractivity contribution in [3.8, 4) is 28.3 Å². The number of nitrogens with one attached hydrogen (secondary N) is 1. The number of rotatable bonds is 5. The van der Waals surface area contributed by atoms with Crippen molar-refractivity contribution in [1.29, 1.82) is 0 Å². The molecule has 0 saturated heterocycles. The van der Waals surface area contributed by atoms with E-state index in [2.05, 4.69) is 15.3 Å². The highest BCUT2D eigenvalue weighted by Gasteiger charge is 2.15. The molecule has 1 aromatic heterocycles. The molecular weight excluding hydrogens is 345 g/mol. The Hall–Kier alpha value is -3.28. The van der Waals surface area contributed by atoms with Gasteiger partial charge in [-0.25, -0.2) is 14.4 Å². The molecule has 27 heavy (non-hydrogen) atoms. The summed E-state index contributed by atoms with van der Waals surface area (Å²) < 4.78 is 13.2. The molecule has 6 heteroatoms. The molecule has 5 nitrogen and oxygen atoms in total.